The molecule has 6 rings (SSSR count). The molecular weight excluding hydrogens is 520 g/mol. The van der Waals surface area contributed by atoms with Crippen LogP contribution in [0.2, 0.25) is 0 Å². The largest absolute Gasteiger partial charge is 0.336 e. The van der Waals surface area contributed by atoms with Gasteiger partial charge in [0.15, 0.2) is 10.8 Å². The highest BCUT2D eigenvalue weighted by Crippen LogP contribution is 2.36. The van der Waals surface area contributed by atoms with E-state index in [9.17, 15) is 9.59 Å². The van der Waals surface area contributed by atoms with E-state index >= 15 is 0 Å². The van der Waals surface area contributed by atoms with E-state index in [0.717, 1.165) is 42.3 Å². The summed E-state index contributed by atoms with van der Waals surface area (Å²) >= 11 is 3.06. The molecule has 0 aliphatic carbocycles. The van der Waals surface area contributed by atoms with Crippen LogP contribution in [0, 0.1) is 13.8 Å². The Morgan fingerprint density at radius 2 is 1.79 bits per heavy atom. The zero-order chi connectivity index (χ0) is 26.6. The van der Waals surface area contributed by atoms with Gasteiger partial charge in [-0.3, -0.25) is 10.1 Å². The van der Waals surface area contributed by atoms with Gasteiger partial charge in [-0.25, -0.2) is 19.4 Å². The molecule has 4 heterocycles. The number of hydrogen-bond donors (Lipinski definition) is 2. The third kappa shape index (κ3) is 4.29. The predicted octanol–water partition coefficient (Wildman–Crippen LogP) is 4.83. The molecule has 0 radical (unpaired) electrons. The highest BCUT2D eigenvalue weighted by Gasteiger charge is 2.26. The van der Waals surface area contributed by atoms with Crippen LogP contribution in [0.4, 0.5) is 9.93 Å². The lowest BCUT2D eigenvalue weighted by Gasteiger charge is -2.30. The Bertz CT molecular complexity index is 1720. The van der Waals surface area contributed by atoms with Gasteiger partial charge in [-0.2, -0.15) is 0 Å². The van der Waals surface area contributed by atoms with Crippen LogP contribution in [0.1, 0.15) is 46.2 Å². The van der Waals surface area contributed by atoms with E-state index in [1.165, 1.54) is 11.3 Å². The third-order valence-corrected chi connectivity index (χ3v) is 8.66. The van der Waals surface area contributed by atoms with Crippen molar-refractivity contribution < 1.29 is 9.59 Å². The van der Waals surface area contributed by atoms with E-state index in [4.69, 9.17) is 0 Å². The van der Waals surface area contributed by atoms with Crippen molar-refractivity contribution in [3.63, 3.8) is 0 Å². The first-order valence-electron chi connectivity index (χ1n) is 12.4. The van der Waals surface area contributed by atoms with Gasteiger partial charge in [0.05, 0.1) is 36.8 Å². The van der Waals surface area contributed by atoms with Crippen molar-refractivity contribution in [1.29, 1.82) is 0 Å². The molecule has 0 saturated heterocycles. The maximum atomic E-state index is 13.2. The van der Waals surface area contributed by atoms with E-state index in [1.54, 1.807) is 16.0 Å². The number of fused-ring (bicyclic) bond motifs is 4. The number of hydrogen-bond acceptors (Lipinski definition) is 8. The second kappa shape index (κ2) is 9.44. The molecule has 2 N–H and O–H groups in total. The summed E-state index contributed by atoms with van der Waals surface area (Å²) < 4.78 is 3.80. The van der Waals surface area contributed by atoms with Crippen LogP contribution in [0.5, 0.6) is 0 Å². The summed E-state index contributed by atoms with van der Waals surface area (Å²) in [6.45, 7) is 8.84. The number of rotatable bonds is 4. The number of nitrogens with one attached hydrogen (secondary N) is 2. The molecular formula is C26H26N8O2S2. The summed E-state index contributed by atoms with van der Waals surface area (Å²) in [5, 5.41) is 15.9. The van der Waals surface area contributed by atoms with Crippen molar-refractivity contribution in [2.75, 3.05) is 11.9 Å². The highest BCUT2D eigenvalue weighted by atomic mass is 32.1. The molecule has 0 spiro atoms. The molecule has 1 aliphatic rings. The van der Waals surface area contributed by atoms with Crippen molar-refractivity contribution in [3.8, 4) is 5.69 Å². The van der Waals surface area contributed by atoms with E-state index in [0.29, 0.717) is 30.3 Å². The Kier molecular flexibility index (Phi) is 6.07. The molecule has 10 nitrogen and oxygen atoms in total. The molecule has 3 aromatic heterocycles. The Hall–Kier alpha value is -3.90. The van der Waals surface area contributed by atoms with Crippen LogP contribution in [0.3, 0.4) is 0 Å². The Labute approximate surface area is 226 Å². The van der Waals surface area contributed by atoms with Gasteiger partial charge in [0.2, 0.25) is 0 Å². The number of amides is 3. The second-order valence-electron chi connectivity index (χ2n) is 9.59. The van der Waals surface area contributed by atoms with Crippen molar-refractivity contribution in [2.24, 2.45) is 0 Å². The lowest BCUT2D eigenvalue weighted by Crippen LogP contribution is -2.45. The van der Waals surface area contributed by atoms with Gasteiger partial charge in [0, 0.05) is 19.1 Å². The zero-order valence-electron chi connectivity index (χ0n) is 21.4. The van der Waals surface area contributed by atoms with Crippen molar-refractivity contribution >= 4 is 60.2 Å². The summed E-state index contributed by atoms with van der Waals surface area (Å²) in [7, 11) is 0. The van der Waals surface area contributed by atoms with Gasteiger partial charge in [-0.15, -0.1) is 16.4 Å². The van der Waals surface area contributed by atoms with Crippen molar-refractivity contribution in [2.45, 2.75) is 46.7 Å². The van der Waals surface area contributed by atoms with E-state index in [2.05, 4.69) is 30.9 Å². The van der Waals surface area contributed by atoms with Gasteiger partial charge < -0.3 is 10.2 Å². The summed E-state index contributed by atoms with van der Waals surface area (Å²) in [6, 6.07) is 9.85. The number of aromatic nitrogens is 5. The van der Waals surface area contributed by atoms with E-state index in [-0.39, 0.29) is 23.7 Å². The van der Waals surface area contributed by atoms with Crippen molar-refractivity contribution in [3.05, 3.63) is 57.9 Å². The lowest BCUT2D eigenvalue weighted by atomic mass is 9.98. The summed E-state index contributed by atoms with van der Waals surface area (Å²) in [4.78, 5) is 36.7. The number of urea groups is 1. The number of anilines is 1. The predicted molar refractivity (Wildman–Crippen MR) is 149 cm³/mol. The maximum absolute atomic E-state index is 13.2. The number of thiazole rings is 2. The minimum atomic E-state index is -0.356. The molecule has 0 atom stereocenters. The molecule has 2 aromatic carbocycles. The van der Waals surface area contributed by atoms with Crippen LogP contribution in [0.25, 0.3) is 26.1 Å². The fraction of sp³-hybridized carbons (Fsp3) is 0.308. The van der Waals surface area contributed by atoms with Gasteiger partial charge in [0.1, 0.15) is 0 Å². The third-order valence-electron chi connectivity index (χ3n) is 6.52. The van der Waals surface area contributed by atoms with Gasteiger partial charge >= 0.3 is 6.03 Å². The minimum Gasteiger partial charge on any atom is -0.336 e. The monoisotopic (exact) mass is 546 g/mol. The van der Waals surface area contributed by atoms with Gasteiger partial charge in [-0.05, 0) is 63.4 Å². The van der Waals surface area contributed by atoms with Crippen LogP contribution in [-0.2, 0) is 13.0 Å². The molecule has 0 unspecified atom stereocenters. The maximum Gasteiger partial charge on any atom is 0.317 e. The first-order valence-corrected chi connectivity index (χ1v) is 14.0. The Balaban J connectivity index is 1.25. The molecule has 0 bridgehead atoms. The molecule has 5 aromatic rings. The van der Waals surface area contributed by atoms with Crippen molar-refractivity contribution in [1.82, 2.24) is 35.2 Å². The standard InChI is InChI=1S/C26H26N8O2S2/c1-13(2)27-26(36)33-11-10-17-16(12-33)6-5-7-20(17)34-14(3)21(31-32-34)24(35)30-25-29-19-9-8-18-22(23(19)38-25)37-15(4)28-18/h5-9,13H,10-12H2,1-4H3,(H,27,36)(H,29,30,35). The normalized spacial score (nSPS) is 13.3. The number of benzene rings is 2. The molecule has 194 valence electrons. The smallest absolute Gasteiger partial charge is 0.317 e. The second-order valence-corrected chi connectivity index (χ2v) is 11.8. The average Bonchev–Trinajstić information content (AvgIpc) is 3.58. The lowest BCUT2D eigenvalue weighted by molar-refractivity contribution is 0.102. The number of carbonyl (C=O) groups is 2. The number of nitrogens with zero attached hydrogens (tertiary/aromatic N) is 6. The van der Waals surface area contributed by atoms with Gasteiger partial charge in [-0.1, -0.05) is 28.7 Å². The number of aryl methyl sites for hydroxylation is 1. The molecule has 1 aliphatic heterocycles. The van der Waals surface area contributed by atoms with E-state index < -0.39 is 0 Å². The number of carbonyl (C=O) groups excluding carboxylic acids is 2. The first kappa shape index (κ1) is 24.4. The summed E-state index contributed by atoms with van der Waals surface area (Å²) in [6.07, 6.45) is 0.690. The molecule has 0 saturated carbocycles. The molecule has 0 fully saturated rings. The fourth-order valence-corrected chi connectivity index (χ4v) is 6.76. The van der Waals surface area contributed by atoms with Crippen LogP contribution in [-0.4, -0.2) is 54.4 Å². The molecule has 3 amide bonds. The SMILES string of the molecule is Cc1nc2ccc3nc(NC(=O)c4nnn(-c5cccc6c5CCN(C(=O)NC(C)C)C6)c4C)sc3c2s1. The topological polar surface area (TPSA) is 118 Å². The van der Waals surface area contributed by atoms with Gasteiger partial charge in [0.25, 0.3) is 5.91 Å². The Morgan fingerprint density at radius 1 is 1.03 bits per heavy atom. The summed E-state index contributed by atoms with van der Waals surface area (Å²) in [5.74, 6) is -0.356. The molecule has 12 heteroatoms. The zero-order valence-corrected chi connectivity index (χ0v) is 23.0. The molecule has 38 heavy (non-hydrogen) atoms. The fourth-order valence-electron chi connectivity index (χ4n) is 4.76. The average molecular weight is 547 g/mol. The summed E-state index contributed by atoms with van der Waals surface area (Å²) in [5.41, 5.74) is 5.69. The van der Waals surface area contributed by atoms with Crippen LogP contribution < -0.4 is 10.6 Å². The van der Waals surface area contributed by atoms with Crippen LogP contribution in [0.15, 0.2) is 30.3 Å². The first-order chi connectivity index (χ1) is 18.3. The van der Waals surface area contributed by atoms with Crippen LogP contribution >= 0.6 is 22.7 Å². The quantitative estimate of drug-likeness (QED) is 0.333. The van der Waals surface area contributed by atoms with E-state index in [1.807, 2.05) is 62.9 Å². The highest BCUT2D eigenvalue weighted by molar-refractivity contribution is 7.28. The minimum absolute atomic E-state index is 0.0620. The Morgan fingerprint density at radius 3 is 2.58 bits per heavy atom.